The maximum Gasteiger partial charge on any atom is 0.117 e. The zero-order valence-corrected chi connectivity index (χ0v) is 7.25. The summed E-state index contributed by atoms with van der Waals surface area (Å²) >= 11 is 7.36. The van der Waals surface area contributed by atoms with Crippen molar-refractivity contribution in [2.75, 3.05) is 5.73 Å². The third-order valence-electron chi connectivity index (χ3n) is 1.59. The zero-order chi connectivity index (χ0) is 7.84. The molecule has 0 spiro atoms. The van der Waals surface area contributed by atoms with Crippen molar-refractivity contribution < 1.29 is 0 Å². The van der Waals surface area contributed by atoms with E-state index in [2.05, 4.69) is 0 Å². The highest BCUT2D eigenvalue weighted by atomic mass is 35.5. The summed E-state index contributed by atoms with van der Waals surface area (Å²) in [7, 11) is 0. The van der Waals surface area contributed by atoms with Crippen LogP contribution in [0.3, 0.4) is 0 Å². The van der Waals surface area contributed by atoms with Gasteiger partial charge in [-0.2, -0.15) is 0 Å². The van der Waals surface area contributed by atoms with Gasteiger partial charge in [-0.1, -0.05) is 29.8 Å². The number of nitrogens with two attached hydrogens (primary N) is 1. The van der Waals surface area contributed by atoms with E-state index in [4.69, 9.17) is 17.3 Å². The fourth-order valence-corrected chi connectivity index (χ4v) is 2.23. The van der Waals surface area contributed by atoms with E-state index >= 15 is 0 Å². The quantitative estimate of drug-likeness (QED) is 0.667. The molecule has 1 nitrogen and oxygen atoms in total. The Morgan fingerprint density at radius 1 is 1.27 bits per heavy atom. The molecule has 0 unspecified atom stereocenters. The van der Waals surface area contributed by atoms with E-state index in [1.165, 1.54) is 11.3 Å². The van der Waals surface area contributed by atoms with Crippen molar-refractivity contribution in [3.8, 4) is 0 Å². The van der Waals surface area contributed by atoms with Gasteiger partial charge in [0.15, 0.2) is 0 Å². The SMILES string of the molecule is Nc1c(Cl)sc2ccccc12. The molecular weight excluding hydrogens is 178 g/mol. The van der Waals surface area contributed by atoms with Gasteiger partial charge in [0.25, 0.3) is 0 Å². The molecule has 0 aliphatic heterocycles. The summed E-state index contributed by atoms with van der Waals surface area (Å²) in [5.41, 5.74) is 6.42. The largest absolute Gasteiger partial charge is 0.396 e. The molecule has 0 fully saturated rings. The zero-order valence-electron chi connectivity index (χ0n) is 5.67. The van der Waals surface area contributed by atoms with Crippen LogP contribution in [0.2, 0.25) is 4.34 Å². The van der Waals surface area contributed by atoms with E-state index in [9.17, 15) is 0 Å². The number of rotatable bonds is 0. The number of hydrogen-bond donors (Lipinski definition) is 1. The van der Waals surface area contributed by atoms with Crippen LogP contribution in [0.15, 0.2) is 24.3 Å². The van der Waals surface area contributed by atoms with E-state index < -0.39 is 0 Å². The van der Waals surface area contributed by atoms with Crippen LogP contribution < -0.4 is 5.73 Å². The van der Waals surface area contributed by atoms with Crippen LogP contribution in [0.4, 0.5) is 5.69 Å². The maximum absolute atomic E-state index is 5.85. The summed E-state index contributed by atoms with van der Waals surface area (Å²) < 4.78 is 1.83. The van der Waals surface area contributed by atoms with E-state index in [1.54, 1.807) is 0 Å². The first kappa shape index (κ1) is 6.95. The fourth-order valence-electron chi connectivity index (χ4n) is 1.04. The van der Waals surface area contributed by atoms with Gasteiger partial charge >= 0.3 is 0 Å². The van der Waals surface area contributed by atoms with Gasteiger partial charge in [0.05, 0.1) is 5.69 Å². The normalized spacial score (nSPS) is 10.6. The van der Waals surface area contributed by atoms with Gasteiger partial charge in [0, 0.05) is 10.1 Å². The lowest BCUT2D eigenvalue weighted by molar-refractivity contribution is 1.84. The molecule has 0 atom stereocenters. The monoisotopic (exact) mass is 183 g/mol. The van der Waals surface area contributed by atoms with Crippen LogP contribution in [0.25, 0.3) is 10.1 Å². The average molecular weight is 184 g/mol. The molecule has 56 valence electrons. The summed E-state index contributed by atoms with van der Waals surface area (Å²) in [4.78, 5) is 0. The van der Waals surface area contributed by atoms with Gasteiger partial charge in [-0.3, -0.25) is 0 Å². The summed E-state index contributed by atoms with van der Waals surface area (Å²) in [6, 6.07) is 7.94. The van der Waals surface area contributed by atoms with E-state index in [0.717, 1.165) is 10.1 Å². The number of halogens is 1. The predicted octanol–water partition coefficient (Wildman–Crippen LogP) is 3.14. The Balaban J connectivity index is 2.92. The Bertz CT molecular complexity index is 394. The van der Waals surface area contributed by atoms with E-state index in [0.29, 0.717) is 10.0 Å². The summed E-state index contributed by atoms with van der Waals surface area (Å²) in [5.74, 6) is 0. The molecule has 3 heteroatoms. The number of nitrogen functional groups attached to an aromatic ring is 1. The van der Waals surface area contributed by atoms with Crippen LogP contribution >= 0.6 is 22.9 Å². The lowest BCUT2D eigenvalue weighted by Crippen LogP contribution is -1.80. The molecule has 1 heterocycles. The lowest BCUT2D eigenvalue weighted by atomic mass is 10.2. The Kier molecular flexibility index (Phi) is 1.51. The molecule has 2 aromatic rings. The molecule has 11 heavy (non-hydrogen) atoms. The van der Waals surface area contributed by atoms with Crippen molar-refractivity contribution in [1.82, 2.24) is 0 Å². The number of thiophene rings is 1. The molecule has 0 radical (unpaired) electrons. The highest BCUT2D eigenvalue weighted by Gasteiger charge is 2.04. The Morgan fingerprint density at radius 3 is 2.73 bits per heavy atom. The Labute approximate surface area is 73.4 Å². The second-order valence-corrected chi connectivity index (χ2v) is 3.94. The average Bonchev–Trinajstić information content (AvgIpc) is 2.30. The van der Waals surface area contributed by atoms with E-state index in [-0.39, 0.29) is 0 Å². The lowest BCUT2D eigenvalue weighted by Gasteiger charge is -1.87. The molecule has 0 aliphatic rings. The van der Waals surface area contributed by atoms with Crippen molar-refractivity contribution in [2.24, 2.45) is 0 Å². The Hall–Kier alpha value is -0.730. The van der Waals surface area contributed by atoms with Gasteiger partial charge in [0.1, 0.15) is 4.34 Å². The molecule has 1 aromatic carbocycles. The van der Waals surface area contributed by atoms with Crippen molar-refractivity contribution in [3.63, 3.8) is 0 Å². The minimum absolute atomic E-state index is 0.686. The summed E-state index contributed by atoms with van der Waals surface area (Å²) in [5, 5.41) is 1.06. The second kappa shape index (κ2) is 2.40. The van der Waals surface area contributed by atoms with Crippen LogP contribution in [0, 0.1) is 0 Å². The maximum atomic E-state index is 5.85. The first-order valence-corrected chi connectivity index (χ1v) is 4.41. The minimum Gasteiger partial charge on any atom is -0.396 e. The molecule has 0 bridgehead atoms. The summed E-state index contributed by atoms with van der Waals surface area (Å²) in [6.45, 7) is 0. The van der Waals surface area contributed by atoms with Crippen LogP contribution in [0.1, 0.15) is 0 Å². The smallest absolute Gasteiger partial charge is 0.117 e. The van der Waals surface area contributed by atoms with Gasteiger partial charge in [-0.15, -0.1) is 11.3 Å². The molecule has 1 aromatic heterocycles. The van der Waals surface area contributed by atoms with Gasteiger partial charge in [-0.05, 0) is 6.07 Å². The minimum atomic E-state index is 0.686. The molecule has 0 saturated carbocycles. The fraction of sp³-hybridized carbons (Fsp3) is 0. The second-order valence-electron chi connectivity index (χ2n) is 2.29. The first-order valence-electron chi connectivity index (χ1n) is 3.21. The highest BCUT2D eigenvalue weighted by Crippen LogP contribution is 2.36. The number of benzene rings is 1. The molecule has 0 amide bonds. The Morgan fingerprint density at radius 2 is 2.00 bits per heavy atom. The third kappa shape index (κ3) is 0.988. The summed E-state index contributed by atoms with van der Waals surface area (Å²) in [6.07, 6.45) is 0. The number of hydrogen-bond acceptors (Lipinski definition) is 2. The number of anilines is 1. The topological polar surface area (TPSA) is 26.0 Å². The molecule has 0 saturated heterocycles. The van der Waals surface area contributed by atoms with Crippen LogP contribution in [-0.2, 0) is 0 Å². The van der Waals surface area contributed by atoms with Gasteiger partial charge < -0.3 is 5.73 Å². The van der Waals surface area contributed by atoms with Gasteiger partial charge in [0.2, 0.25) is 0 Å². The first-order chi connectivity index (χ1) is 5.29. The standard InChI is InChI=1S/C8H6ClNS/c9-8-7(10)5-3-1-2-4-6(5)11-8/h1-4H,10H2. The van der Waals surface area contributed by atoms with E-state index in [1.807, 2.05) is 24.3 Å². The van der Waals surface area contributed by atoms with Crippen molar-refractivity contribution >= 4 is 38.7 Å². The molecular formula is C8H6ClNS. The number of fused-ring (bicyclic) bond motifs is 1. The highest BCUT2D eigenvalue weighted by molar-refractivity contribution is 7.23. The predicted molar refractivity (Wildman–Crippen MR) is 51.2 cm³/mol. The van der Waals surface area contributed by atoms with Crippen molar-refractivity contribution in [1.29, 1.82) is 0 Å². The van der Waals surface area contributed by atoms with Crippen LogP contribution in [0.5, 0.6) is 0 Å². The molecule has 0 aliphatic carbocycles. The van der Waals surface area contributed by atoms with Crippen LogP contribution in [-0.4, -0.2) is 0 Å². The van der Waals surface area contributed by atoms with Crippen molar-refractivity contribution in [2.45, 2.75) is 0 Å². The molecule has 2 rings (SSSR count). The van der Waals surface area contributed by atoms with Gasteiger partial charge in [-0.25, -0.2) is 0 Å². The third-order valence-corrected chi connectivity index (χ3v) is 3.00. The molecule has 2 N–H and O–H groups in total. The van der Waals surface area contributed by atoms with Crippen molar-refractivity contribution in [3.05, 3.63) is 28.6 Å².